The number of esters is 2. The zero-order chi connectivity index (χ0) is 14.0. The topological polar surface area (TPSA) is 82.1 Å². The van der Waals surface area contributed by atoms with Gasteiger partial charge in [0, 0.05) is 13.7 Å². The SMILES string of the molecule is COCCC(=O)N(CCC(=O)OC)CC(=O)OC. The number of nitrogens with zero attached hydrogens (tertiary/aromatic N) is 1. The normalized spacial score (nSPS) is 9.72. The molecular formula is C11H19NO6. The lowest BCUT2D eigenvalue weighted by atomic mass is 10.3. The molecule has 18 heavy (non-hydrogen) atoms. The third-order valence-electron chi connectivity index (χ3n) is 2.23. The average molecular weight is 261 g/mol. The second-order valence-electron chi connectivity index (χ2n) is 3.46. The highest BCUT2D eigenvalue weighted by Crippen LogP contribution is 1.99. The maximum Gasteiger partial charge on any atom is 0.325 e. The zero-order valence-electron chi connectivity index (χ0n) is 10.9. The molecule has 0 unspecified atom stereocenters. The summed E-state index contributed by atoms with van der Waals surface area (Å²) in [6.07, 6.45) is 0.181. The fourth-order valence-electron chi connectivity index (χ4n) is 1.19. The standard InChI is InChI=1S/C11H19NO6/c1-16-7-5-9(13)12(8-11(15)18-3)6-4-10(14)17-2/h4-8H2,1-3H3. The van der Waals surface area contributed by atoms with Gasteiger partial charge in [0.25, 0.3) is 0 Å². The molecule has 0 saturated carbocycles. The van der Waals surface area contributed by atoms with Crippen molar-refractivity contribution in [3.8, 4) is 0 Å². The van der Waals surface area contributed by atoms with Gasteiger partial charge in [-0.3, -0.25) is 14.4 Å². The Balaban J connectivity index is 4.36. The van der Waals surface area contributed by atoms with Crippen molar-refractivity contribution in [3.05, 3.63) is 0 Å². The van der Waals surface area contributed by atoms with Crippen molar-refractivity contribution in [2.24, 2.45) is 0 Å². The smallest absolute Gasteiger partial charge is 0.325 e. The summed E-state index contributed by atoms with van der Waals surface area (Å²) in [5.41, 5.74) is 0. The fourth-order valence-corrected chi connectivity index (χ4v) is 1.19. The molecule has 1 amide bonds. The first-order valence-electron chi connectivity index (χ1n) is 5.45. The van der Waals surface area contributed by atoms with Crippen LogP contribution in [0.3, 0.4) is 0 Å². The average Bonchev–Trinajstić information content (AvgIpc) is 2.39. The molecule has 0 aromatic carbocycles. The lowest BCUT2D eigenvalue weighted by Gasteiger charge is -2.20. The van der Waals surface area contributed by atoms with Crippen molar-refractivity contribution >= 4 is 17.8 Å². The van der Waals surface area contributed by atoms with Crippen LogP contribution in [0.5, 0.6) is 0 Å². The molecule has 0 aliphatic rings. The lowest BCUT2D eigenvalue weighted by Crippen LogP contribution is -2.38. The van der Waals surface area contributed by atoms with Crippen molar-refractivity contribution < 1.29 is 28.6 Å². The van der Waals surface area contributed by atoms with E-state index in [1.165, 1.54) is 26.2 Å². The van der Waals surface area contributed by atoms with Crippen LogP contribution in [0.15, 0.2) is 0 Å². The first kappa shape index (κ1) is 16.4. The Hall–Kier alpha value is -1.63. The van der Waals surface area contributed by atoms with Crippen LogP contribution in [-0.4, -0.2) is 63.8 Å². The Bertz CT molecular complexity index is 291. The summed E-state index contributed by atoms with van der Waals surface area (Å²) in [6.45, 7) is 0.190. The van der Waals surface area contributed by atoms with Crippen LogP contribution in [0, 0.1) is 0 Å². The maximum atomic E-state index is 11.7. The summed E-state index contributed by atoms with van der Waals surface area (Å²) in [4.78, 5) is 35.2. The molecule has 0 radical (unpaired) electrons. The minimum Gasteiger partial charge on any atom is -0.469 e. The van der Waals surface area contributed by atoms with Gasteiger partial charge in [0.2, 0.25) is 5.91 Å². The highest BCUT2D eigenvalue weighted by atomic mass is 16.5. The quantitative estimate of drug-likeness (QED) is 0.552. The fraction of sp³-hybridized carbons (Fsp3) is 0.727. The molecule has 0 fully saturated rings. The van der Waals surface area contributed by atoms with E-state index in [-0.39, 0.29) is 38.4 Å². The largest absolute Gasteiger partial charge is 0.469 e. The van der Waals surface area contributed by atoms with Gasteiger partial charge in [-0.05, 0) is 0 Å². The number of carbonyl (C=O) groups is 3. The number of ether oxygens (including phenoxy) is 3. The van der Waals surface area contributed by atoms with E-state index in [4.69, 9.17) is 4.74 Å². The molecule has 0 aromatic rings. The molecule has 7 nitrogen and oxygen atoms in total. The summed E-state index contributed by atoms with van der Waals surface area (Å²) >= 11 is 0. The molecule has 0 heterocycles. The van der Waals surface area contributed by atoms with Crippen LogP contribution < -0.4 is 0 Å². The predicted molar refractivity (Wildman–Crippen MR) is 61.7 cm³/mol. The summed E-state index contributed by atoms with van der Waals surface area (Å²) in [5.74, 6) is -1.25. The van der Waals surface area contributed by atoms with Crippen molar-refractivity contribution in [1.82, 2.24) is 4.90 Å². The van der Waals surface area contributed by atoms with Crippen LogP contribution in [0.4, 0.5) is 0 Å². The molecule has 0 aliphatic carbocycles. The number of carbonyl (C=O) groups excluding carboxylic acids is 3. The molecule has 7 heteroatoms. The van der Waals surface area contributed by atoms with Gasteiger partial charge in [0.15, 0.2) is 0 Å². The van der Waals surface area contributed by atoms with E-state index in [1.807, 2.05) is 0 Å². The number of methoxy groups -OCH3 is 3. The predicted octanol–water partition coefficient (Wildman–Crippen LogP) is -0.412. The highest BCUT2D eigenvalue weighted by molar-refractivity contribution is 5.82. The van der Waals surface area contributed by atoms with Crippen molar-refractivity contribution in [2.45, 2.75) is 12.8 Å². The molecule has 0 bridgehead atoms. The molecule has 0 saturated heterocycles. The summed E-state index contributed by atoms with van der Waals surface area (Å²) in [5, 5.41) is 0. The molecule has 0 aromatic heterocycles. The van der Waals surface area contributed by atoms with Gasteiger partial charge in [-0.25, -0.2) is 0 Å². The Kier molecular flexibility index (Phi) is 8.55. The van der Waals surface area contributed by atoms with Crippen molar-refractivity contribution in [1.29, 1.82) is 0 Å². The number of hydrogen-bond acceptors (Lipinski definition) is 6. The molecule has 0 spiro atoms. The van der Waals surface area contributed by atoms with Gasteiger partial charge >= 0.3 is 11.9 Å². The van der Waals surface area contributed by atoms with E-state index in [0.29, 0.717) is 0 Å². The van der Waals surface area contributed by atoms with Crippen LogP contribution in [-0.2, 0) is 28.6 Å². The van der Waals surface area contributed by atoms with Gasteiger partial charge < -0.3 is 19.1 Å². The van der Waals surface area contributed by atoms with Gasteiger partial charge in [0.05, 0.1) is 33.7 Å². The van der Waals surface area contributed by atoms with Crippen LogP contribution >= 0.6 is 0 Å². The van der Waals surface area contributed by atoms with Crippen molar-refractivity contribution in [3.63, 3.8) is 0 Å². The van der Waals surface area contributed by atoms with Crippen molar-refractivity contribution in [2.75, 3.05) is 41.0 Å². The van der Waals surface area contributed by atoms with Gasteiger partial charge in [0.1, 0.15) is 6.54 Å². The summed E-state index contributed by atoms with van der Waals surface area (Å²) in [7, 11) is 3.98. The zero-order valence-corrected chi connectivity index (χ0v) is 10.9. The number of amides is 1. The second kappa shape index (κ2) is 9.41. The Labute approximate surface area is 106 Å². The highest BCUT2D eigenvalue weighted by Gasteiger charge is 2.18. The van der Waals surface area contributed by atoms with E-state index in [2.05, 4.69) is 9.47 Å². The first-order valence-corrected chi connectivity index (χ1v) is 5.45. The van der Waals surface area contributed by atoms with E-state index >= 15 is 0 Å². The van der Waals surface area contributed by atoms with Crippen LogP contribution in [0.25, 0.3) is 0 Å². The maximum absolute atomic E-state index is 11.7. The lowest BCUT2D eigenvalue weighted by molar-refractivity contribution is -0.149. The van der Waals surface area contributed by atoms with Crippen LogP contribution in [0.2, 0.25) is 0 Å². The van der Waals surface area contributed by atoms with E-state index in [9.17, 15) is 14.4 Å². The molecule has 0 rings (SSSR count). The second-order valence-corrected chi connectivity index (χ2v) is 3.46. The minimum atomic E-state index is -0.536. The Morgan fingerprint density at radius 3 is 2.06 bits per heavy atom. The molecule has 0 N–H and O–H groups in total. The Morgan fingerprint density at radius 1 is 0.944 bits per heavy atom. The molecular weight excluding hydrogens is 242 g/mol. The summed E-state index contributed by atoms with van der Waals surface area (Å²) < 4.78 is 13.7. The minimum absolute atomic E-state index is 0.0339. The van der Waals surface area contributed by atoms with E-state index in [1.54, 1.807) is 0 Å². The molecule has 104 valence electrons. The number of rotatable bonds is 8. The monoisotopic (exact) mass is 261 g/mol. The van der Waals surface area contributed by atoms with Gasteiger partial charge in [-0.1, -0.05) is 0 Å². The van der Waals surface area contributed by atoms with E-state index in [0.717, 1.165) is 0 Å². The summed E-state index contributed by atoms with van der Waals surface area (Å²) in [6, 6.07) is 0. The van der Waals surface area contributed by atoms with Gasteiger partial charge in [-0.15, -0.1) is 0 Å². The molecule has 0 aliphatic heterocycles. The van der Waals surface area contributed by atoms with E-state index < -0.39 is 11.9 Å². The molecule has 0 atom stereocenters. The third kappa shape index (κ3) is 6.85. The van der Waals surface area contributed by atoms with Crippen LogP contribution in [0.1, 0.15) is 12.8 Å². The van der Waals surface area contributed by atoms with Gasteiger partial charge in [-0.2, -0.15) is 0 Å². The third-order valence-corrected chi connectivity index (χ3v) is 2.23. The Morgan fingerprint density at radius 2 is 1.56 bits per heavy atom. The number of hydrogen-bond donors (Lipinski definition) is 0. The first-order chi connectivity index (χ1) is 8.54.